The van der Waals surface area contributed by atoms with Crippen molar-refractivity contribution >= 4 is 11.8 Å². The zero-order valence-electron chi connectivity index (χ0n) is 12.3. The summed E-state index contributed by atoms with van der Waals surface area (Å²) in [5.41, 5.74) is 2.60. The van der Waals surface area contributed by atoms with Crippen LogP contribution in [0.3, 0.4) is 0 Å². The second kappa shape index (κ2) is 7.35. The van der Waals surface area contributed by atoms with E-state index in [0.29, 0.717) is 13.0 Å². The molecule has 1 saturated heterocycles. The summed E-state index contributed by atoms with van der Waals surface area (Å²) in [5.74, 6) is -0.984. The van der Waals surface area contributed by atoms with Crippen molar-refractivity contribution in [2.75, 3.05) is 6.54 Å². The fourth-order valence-electron chi connectivity index (χ4n) is 2.64. The normalized spacial score (nSPS) is 23.6. The maximum absolute atomic E-state index is 12.2. The van der Waals surface area contributed by atoms with Crippen LogP contribution in [0.25, 0.3) is 0 Å². The molecular formula is C15H21N3O4. The highest BCUT2D eigenvalue weighted by Crippen LogP contribution is 2.25. The van der Waals surface area contributed by atoms with Gasteiger partial charge in [0.2, 0.25) is 5.91 Å². The predicted octanol–water partition coefficient (Wildman–Crippen LogP) is -0.497. The van der Waals surface area contributed by atoms with Crippen molar-refractivity contribution < 1.29 is 19.9 Å². The molecule has 0 radical (unpaired) electrons. The fraction of sp³-hybridized carbons (Fsp3) is 0.467. The number of hydrogen-bond donors (Lipinski definition) is 5. The lowest BCUT2D eigenvalue weighted by molar-refractivity contribution is -0.138. The van der Waals surface area contributed by atoms with E-state index in [-0.39, 0.29) is 11.8 Å². The molecule has 1 aliphatic heterocycles. The maximum atomic E-state index is 12.2. The van der Waals surface area contributed by atoms with Crippen molar-refractivity contribution in [3.63, 3.8) is 0 Å². The summed E-state index contributed by atoms with van der Waals surface area (Å²) in [6, 6.07) is 8.27. The quantitative estimate of drug-likeness (QED) is 0.372. The molecule has 0 spiro atoms. The molecule has 7 heteroatoms. The monoisotopic (exact) mass is 307 g/mol. The summed E-state index contributed by atoms with van der Waals surface area (Å²) in [5, 5.41) is 23.7. The lowest BCUT2D eigenvalue weighted by atomic mass is 9.96. The average Bonchev–Trinajstić information content (AvgIpc) is 3.02. The maximum Gasteiger partial charge on any atom is 0.268 e. The summed E-state index contributed by atoms with van der Waals surface area (Å²) in [7, 11) is 0. The first-order valence-corrected chi connectivity index (χ1v) is 7.23. The molecule has 2 amide bonds. The second-order valence-corrected chi connectivity index (χ2v) is 5.51. The van der Waals surface area contributed by atoms with Gasteiger partial charge in [-0.05, 0) is 24.8 Å². The van der Waals surface area contributed by atoms with E-state index >= 15 is 0 Å². The van der Waals surface area contributed by atoms with Gasteiger partial charge in [-0.15, -0.1) is 0 Å². The van der Waals surface area contributed by atoms with Gasteiger partial charge < -0.3 is 15.7 Å². The Morgan fingerprint density at radius 3 is 2.59 bits per heavy atom. The summed E-state index contributed by atoms with van der Waals surface area (Å²) in [6.45, 7) is 2.04. The molecule has 1 fully saturated rings. The first-order valence-electron chi connectivity index (χ1n) is 7.23. The molecule has 7 nitrogen and oxygen atoms in total. The van der Waals surface area contributed by atoms with Crippen LogP contribution in [0.2, 0.25) is 0 Å². The number of amides is 2. The van der Waals surface area contributed by atoms with Crippen LogP contribution in [-0.2, 0) is 9.59 Å². The minimum atomic E-state index is -1.19. The standard InChI is InChI=1S/C15H21N3O4/c1-9(19)13(15(21)18-22)17-14(20)12-7-11(8-16-12)10-5-3-2-4-6-10/h2-6,9,11-13,16,19,22H,7-8H2,1H3,(H,17,20)(H,18,21)/t9-,11-,12+,13?/m1/s1. The number of nitrogens with one attached hydrogen (secondary N) is 3. The van der Waals surface area contributed by atoms with Crippen molar-refractivity contribution in [2.45, 2.75) is 37.5 Å². The van der Waals surface area contributed by atoms with Crippen molar-refractivity contribution in [2.24, 2.45) is 0 Å². The Hall–Kier alpha value is -1.96. The van der Waals surface area contributed by atoms with E-state index in [2.05, 4.69) is 10.6 Å². The summed E-state index contributed by atoms with van der Waals surface area (Å²) in [4.78, 5) is 23.6. The summed E-state index contributed by atoms with van der Waals surface area (Å²) < 4.78 is 0. The van der Waals surface area contributed by atoms with E-state index in [1.807, 2.05) is 30.3 Å². The number of hydroxylamine groups is 1. The largest absolute Gasteiger partial charge is 0.391 e. The van der Waals surface area contributed by atoms with E-state index in [1.54, 1.807) is 0 Å². The van der Waals surface area contributed by atoms with Gasteiger partial charge in [0.15, 0.2) is 0 Å². The van der Waals surface area contributed by atoms with E-state index in [1.165, 1.54) is 12.4 Å². The van der Waals surface area contributed by atoms with Crippen LogP contribution in [-0.4, -0.2) is 46.9 Å². The molecule has 22 heavy (non-hydrogen) atoms. The molecule has 1 aromatic carbocycles. The molecule has 1 heterocycles. The Balaban J connectivity index is 1.95. The zero-order chi connectivity index (χ0) is 16.1. The molecule has 1 unspecified atom stereocenters. The number of benzene rings is 1. The van der Waals surface area contributed by atoms with Crippen LogP contribution in [0.5, 0.6) is 0 Å². The molecule has 1 aromatic rings. The lowest BCUT2D eigenvalue weighted by Crippen LogP contribution is -2.55. The number of aliphatic hydroxyl groups is 1. The molecule has 4 atom stereocenters. The summed E-state index contributed by atoms with van der Waals surface area (Å²) in [6.07, 6.45) is -0.495. The van der Waals surface area contributed by atoms with Gasteiger partial charge in [-0.2, -0.15) is 0 Å². The molecule has 0 aliphatic carbocycles. The van der Waals surface area contributed by atoms with Gasteiger partial charge in [0.05, 0.1) is 12.1 Å². The van der Waals surface area contributed by atoms with Crippen LogP contribution >= 0.6 is 0 Å². The van der Waals surface area contributed by atoms with Crippen LogP contribution in [0.15, 0.2) is 30.3 Å². The number of rotatable bonds is 5. The van der Waals surface area contributed by atoms with E-state index in [0.717, 1.165) is 5.56 Å². The zero-order valence-corrected chi connectivity index (χ0v) is 12.3. The van der Waals surface area contributed by atoms with Crippen LogP contribution < -0.4 is 16.1 Å². The highest BCUT2D eigenvalue weighted by molar-refractivity contribution is 5.89. The van der Waals surface area contributed by atoms with Gasteiger partial charge in [0, 0.05) is 6.54 Å². The Bertz CT molecular complexity index is 521. The third-order valence-corrected chi connectivity index (χ3v) is 3.89. The smallest absolute Gasteiger partial charge is 0.268 e. The number of carbonyl (C=O) groups is 2. The van der Waals surface area contributed by atoms with Crippen molar-refractivity contribution in [3.8, 4) is 0 Å². The van der Waals surface area contributed by atoms with Gasteiger partial charge in [-0.3, -0.25) is 14.8 Å². The Labute approximate surface area is 128 Å². The fourth-order valence-corrected chi connectivity index (χ4v) is 2.64. The minimum absolute atomic E-state index is 0.230. The topological polar surface area (TPSA) is 111 Å². The molecule has 1 aliphatic rings. The number of hydrogen-bond acceptors (Lipinski definition) is 5. The molecule has 0 saturated carbocycles. The van der Waals surface area contributed by atoms with Gasteiger partial charge >= 0.3 is 0 Å². The SMILES string of the molecule is C[C@@H](O)C(NC(=O)[C@@H]1C[C@@H](c2ccccc2)CN1)C(=O)NO. The highest BCUT2D eigenvalue weighted by Gasteiger charge is 2.33. The van der Waals surface area contributed by atoms with Crippen molar-refractivity contribution in [1.29, 1.82) is 0 Å². The molecule has 0 bridgehead atoms. The van der Waals surface area contributed by atoms with Gasteiger partial charge in [-0.1, -0.05) is 30.3 Å². The van der Waals surface area contributed by atoms with Crippen LogP contribution in [0.1, 0.15) is 24.8 Å². The lowest BCUT2D eigenvalue weighted by Gasteiger charge is -2.21. The minimum Gasteiger partial charge on any atom is -0.391 e. The van der Waals surface area contributed by atoms with Crippen molar-refractivity contribution in [3.05, 3.63) is 35.9 Å². The molecule has 5 N–H and O–H groups in total. The van der Waals surface area contributed by atoms with E-state index in [4.69, 9.17) is 5.21 Å². The third-order valence-electron chi connectivity index (χ3n) is 3.89. The first kappa shape index (κ1) is 16.4. The van der Waals surface area contributed by atoms with E-state index in [9.17, 15) is 14.7 Å². The Morgan fingerprint density at radius 2 is 2.00 bits per heavy atom. The molecule has 2 rings (SSSR count). The van der Waals surface area contributed by atoms with Gasteiger partial charge in [0.25, 0.3) is 5.91 Å². The number of carbonyl (C=O) groups excluding carboxylic acids is 2. The van der Waals surface area contributed by atoms with Crippen LogP contribution in [0, 0.1) is 0 Å². The van der Waals surface area contributed by atoms with E-state index < -0.39 is 24.1 Å². The number of aliphatic hydroxyl groups excluding tert-OH is 1. The van der Waals surface area contributed by atoms with Gasteiger partial charge in [0.1, 0.15) is 6.04 Å². The second-order valence-electron chi connectivity index (χ2n) is 5.51. The van der Waals surface area contributed by atoms with Gasteiger partial charge in [-0.25, -0.2) is 5.48 Å². The predicted molar refractivity (Wildman–Crippen MR) is 79.1 cm³/mol. The molecular weight excluding hydrogens is 286 g/mol. The summed E-state index contributed by atoms with van der Waals surface area (Å²) >= 11 is 0. The molecule has 120 valence electrons. The third kappa shape index (κ3) is 3.82. The first-order chi connectivity index (χ1) is 10.5. The molecule has 0 aromatic heterocycles. The Morgan fingerprint density at radius 1 is 1.32 bits per heavy atom. The van der Waals surface area contributed by atoms with Crippen molar-refractivity contribution in [1.82, 2.24) is 16.1 Å². The Kier molecular flexibility index (Phi) is 5.48. The average molecular weight is 307 g/mol. The highest BCUT2D eigenvalue weighted by atomic mass is 16.5. The van der Waals surface area contributed by atoms with Crippen LogP contribution in [0.4, 0.5) is 0 Å².